The molecule has 142 valence electrons. The van der Waals surface area contributed by atoms with Gasteiger partial charge in [-0.1, -0.05) is 60.7 Å². The van der Waals surface area contributed by atoms with Gasteiger partial charge in [0.1, 0.15) is 12.7 Å². The van der Waals surface area contributed by atoms with Gasteiger partial charge >= 0.3 is 5.97 Å². The fraction of sp³-hybridized carbons (Fsp3) is 0.364. The van der Waals surface area contributed by atoms with Crippen LogP contribution in [0.1, 0.15) is 36.5 Å². The quantitative estimate of drug-likeness (QED) is 0.813. The Kier molecular flexibility index (Phi) is 6.60. The van der Waals surface area contributed by atoms with E-state index >= 15 is 0 Å². The number of aliphatic carboxylic acids is 1. The van der Waals surface area contributed by atoms with Crippen LogP contribution in [-0.4, -0.2) is 41.6 Å². The number of likely N-dealkylation sites (tertiary alicyclic amines) is 1. The van der Waals surface area contributed by atoms with Crippen molar-refractivity contribution in [3.63, 3.8) is 0 Å². The third-order valence-corrected chi connectivity index (χ3v) is 5.01. The van der Waals surface area contributed by atoms with E-state index in [1.807, 2.05) is 60.7 Å². The molecule has 0 radical (unpaired) electrons. The SMILES string of the molecule is O=C(O)CC1CCN(C(=O)COC(c2ccccc2)c2ccccc2)CC1. The Morgan fingerprint density at radius 2 is 1.48 bits per heavy atom. The number of ether oxygens (including phenoxy) is 1. The predicted molar refractivity (Wildman–Crippen MR) is 102 cm³/mol. The van der Waals surface area contributed by atoms with Gasteiger partial charge in [-0.15, -0.1) is 0 Å². The summed E-state index contributed by atoms with van der Waals surface area (Å²) >= 11 is 0. The van der Waals surface area contributed by atoms with Gasteiger partial charge in [-0.25, -0.2) is 0 Å². The van der Waals surface area contributed by atoms with Gasteiger partial charge in [0.05, 0.1) is 0 Å². The number of carboxylic acid groups (broad SMARTS) is 1. The summed E-state index contributed by atoms with van der Waals surface area (Å²) in [4.78, 5) is 25.2. The molecule has 1 N–H and O–H groups in total. The van der Waals surface area contributed by atoms with Crippen molar-refractivity contribution in [1.29, 1.82) is 0 Å². The van der Waals surface area contributed by atoms with Gasteiger partial charge in [0.15, 0.2) is 0 Å². The largest absolute Gasteiger partial charge is 0.481 e. The monoisotopic (exact) mass is 367 g/mol. The molecule has 1 amide bonds. The molecule has 1 heterocycles. The van der Waals surface area contributed by atoms with Crippen LogP contribution >= 0.6 is 0 Å². The lowest BCUT2D eigenvalue weighted by atomic mass is 9.93. The van der Waals surface area contributed by atoms with Crippen LogP contribution in [-0.2, 0) is 14.3 Å². The topological polar surface area (TPSA) is 66.8 Å². The minimum atomic E-state index is -0.767. The Labute approximate surface area is 159 Å². The fourth-order valence-corrected chi connectivity index (χ4v) is 3.52. The summed E-state index contributed by atoms with van der Waals surface area (Å²) in [6, 6.07) is 19.8. The Morgan fingerprint density at radius 3 is 1.96 bits per heavy atom. The van der Waals surface area contributed by atoms with Crippen LogP contribution in [0.3, 0.4) is 0 Å². The first-order chi connectivity index (χ1) is 13.1. The number of carbonyl (C=O) groups excluding carboxylic acids is 1. The van der Waals surface area contributed by atoms with E-state index in [9.17, 15) is 9.59 Å². The lowest BCUT2D eigenvalue weighted by Gasteiger charge is -2.31. The van der Waals surface area contributed by atoms with Crippen LogP contribution < -0.4 is 0 Å². The average Bonchev–Trinajstić information content (AvgIpc) is 2.70. The Balaban J connectivity index is 1.59. The molecule has 0 saturated carbocycles. The molecule has 0 aromatic heterocycles. The molecule has 0 spiro atoms. The van der Waals surface area contributed by atoms with E-state index in [1.54, 1.807) is 4.90 Å². The number of benzene rings is 2. The second kappa shape index (κ2) is 9.33. The number of rotatable bonds is 7. The summed E-state index contributed by atoms with van der Waals surface area (Å²) in [5, 5.41) is 8.90. The van der Waals surface area contributed by atoms with E-state index < -0.39 is 5.97 Å². The van der Waals surface area contributed by atoms with Gasteiger partial charge in [-0.2, -0.15) is 0 Å². The number of nitrogens with zero attached hydrogens (tertiary/aromatic N) is 1. The molecule has 2 aromatic carbocycles. The highest BCUT2D eigenvalue weighted by molar-refractivity contribution is 5.77. The number of hydrogen-bond acceptors (Lipinski definition) is 3. The molecule has 0 aliphatic carbocycles. The third kappa shape index (κ3) is 5.41. The van der Waals surface area contributed by atoms with Crippen LogP contribution in [0.4, 0.5) is 0 Å². The van der Waals surface area contributed by atoms with E-state index in [1.165, 1.54) is 0 Å². The summed E-state index contributed by atoms with van der Waals surface area (Å²) in [6.07, 6.45) is 1.36. The molecule has 1 aliphatic heterocycles. The maximum absolute atomic E-state index is 12.6. The van der Waals surface area contributed by atoms with E-state index in [0.717, 1.165) is 24.0 Å². The number of carboxylic acids is 1. The normalized spacial score (nSPS) is 15.1. The Bertz CT molecular complexity index is 700. The van der Waals surface area contributed by atoms with Crippen molar-refractivity contribution in [3.05, 3.63) is 71.8 Å². The van der Waals surface area contributed by atoms with Crippen molar-refractivity contribution >= 4 is 11.9 Å². The molecular weight excluding hydrogens is 342 g/mol. The number of carbonyl (C=O) groups is 2. The summed E-state index contributed by atoms with van der Waals surface area (Å²) in [5.74, 6) is -0.647. The lowest BCUT2D eigenvalue weighted by molar-refractivity contribution is -0.140. The standard InChI is InChI=1S/C22H25NO4/c24-20(23-13-11-17(12-14-23)15-21(25)26)16-27-22(18-7-3-1-4-8-18)19-9-5-2-6-10-19/h1-10,17,22H,11-16H2,(H,25,26). The molecule has 2 aromatic rings. The first kappa shape index (κ1) is 19.1. The second-order valence-corrected chi connectivity index (χ2v) is 6.93. The summed E-state index contributed by atoms with van der Waals surface area (Å²) < 4.78 is 6.04. The van der Waals surface area contributed by atoms with Crippen molar-refractivity contribution in [3.8, 4) is 0 Å². The summed E-state index contributed by atoms with van der Waals surface area (Å²) in [7, 11) is 0. The van der Waals surface area contributed by atoms with E-state index in [4.69, 9.17) is 9.84 Å². The van der Waals surface area contributed by atoms with Crippen molar-refractivity contribution in [2.45, 2.75) is 25.4 Å². The molecule has 3 rings (SSSR count). The van der Waals surface area contributed by atoms with Crippen LogP contribution in [0, 0.1) is 5.92 Å². The highest BCUT2D eigenvalue weighted by Gasteiger charge is 2.25. The zero-order chi connectivity index (χ0) is 19.1. The Morgan fingerprint density at radius 1 is 0.963 bits per heavy atom. The first-order valence-electron chi connectivity index (χ1n) is 9.34. The zero-order valence-electron chi connectivity index (χ0n) is 15.3. The molecule has 0 atom stereocenters. The zero-order valence-corrected chi connectivity index (χ0v) is 15.3. The van der Waals surface area contributed by atoms with E-state index in [-0.39, 0.29) is 31.0 Å². The second-order valence-electron chi connectivity index (χ2n) is 6.93. The van der Waals surface area contributed by atoms with Crippen LogP contribution in [0.2, 0.25) is 0 Å². The average molecular weight is 367 g/mol. The van der Waals surface area contributed by atoms with Crippen molar-refractivity contribution in [2.75, 3.05) is 19.7 Å². The number of piperidine rings is 1. The fourth-order valence-electron chi connectivity index (χ4n) is 3.52. The van der Waals surface area contributed by atoms with E-state index in [2.05, 4.69) is 0 Å². The molecule has 1 saturated heterocycles. The molecular formula is C22H25NO4. The van der Waals surface area contributed by atoms with Gasteiger partial charge in [-0.05, 0) is 29.9 Å². The molecule has 5 heteroatoms. The summed E-state index contributed by atoms with van der Waals surface area (Å²) in [6.45, 7) is 1.21. The molecule has 0 unspecified atom stereocenters. The molecule has 27 heavy (non-hydrogen) atoms. The van der Waals surface area contributed by atoms with Gasteiger partial charge in [0.25, 0.3) is 0 Å². The van der Waals surface area contributed by atoms with Gasteiger partial charge < -0.3 is 14.7 Å². The Hall–Kier alpha value is -2.66. The molecule has 1 aliphatic rings. The van der Waals surface area contributed by atoms with Gasteiger partial charge in [-0.3, -0.25) is 9.59 Å². The number of hydrogen-bond donors (Lipinski definition) is 1. The smallest absolute Gasteiger partial charge is 0.303 e. The van der Waals surface area contributed by atoms with Gasteiger partial charge in [0, 0.05) is 19.5 Å². The predicted octanol–water partition coefficient (Wildman–Crippen LogP) is 3.51. The lowest BCUT2D eigenvalue weighted by Crippen LogP contribution is -2.41. The third-order valence-electron chi connectivity index (χ3n) is 5.01. The molecule has 5 nitrogen and oxygen atoms in total. The molecule has 0 bridgehead atoms. The van der Waals surface area contributed by atoms with Crippen molar-refractivity contribution < 1.29 is 19.4 Å². The highest BCUT2D eigenvalue weighted by atomic mass is 16.5. The van der Waals surface area contributed by atoms with Gasteiger partial charge in [0.2, 0.25) is 5.91 Å². The van der Waals surface area contributed by atoms with Crippen molar-refractivity contribution in [2.24, 2.45) is 5.92 Å². The van der Waals surface area contributed by atoms with Crippen LogP contribution in [0.5, 0.6) is 0 Å². The summed E-state index contributed by atoms with van der Waals surface area (Å²) in [5.41, 5.74) is 2.02. The maximum atomic E-state index is 12.6. The minimum Gasteiger partial charge on any atom is -0.481 e. The maximum Gasteiger partial charge on any atom is 0.303 e. The first-order valence-corrected chi connectivity index (χ1v) is 9.34. The van der Waals surface area contributed by atoms with Crippen LogP contribution in [0.15, 0.2) is 60.7 Å². The highest BCUT2D eigenvalue weighted by Crippen LogP contribution is 2.26. The molecule has 1 fully saturated rings. The van der Waals surface area contributed by atoms with E-state index in [0.29, 0.717) is 13.1 Å². The van der Waals surface area contributed by atoms with Crippen LogP contribution in [0.25, 0.3) is 0 Å². The number of amides is 1. The minimum absolute atomic E-state index is 0.0120. The van der Waals surface area contributed by atoms with Crippen molar-refractivity contribution in [1.82, 2.24) is 4.90 Å².